The summed E-state index contributed by atoms with van der Waals surface area (Å²) in [5.74, 6) is -5.62. The number of amides is 4. The molecule has 0 unspecified atom stereocenters. The van der Waals surface area contributed by atoms with Crippen molar-refractivity contribution in [2.75, 3.05) is 41.4 Å². The number of esters is 4. The lowest BCUT2D eigenvalue weighted by atomic mass is 9.99. The van der Waals surface area contributed by atoms with E-state index in [-0.39, 0.29) is 62.2 Å². The van der Waals surface area contributed by atoms with E-state index in [9.17, 15) is 28.8 Å². The SMILES string of the molecule is CC(C)COc1cnn(Cc2ccc(C[C@H]3OC(=O)[C@H](CC(C)C)N(C)C(=O)[C@@H](C)OC(=O)[C@H](CC(C)C)N(C)C(=O)[C@@H](Cc4ccc(Cn5cc(OCC(C)C)cn5)cc4)OC(=O)[C@H](CC(C)C)N(C)C(=O)[C@@H](C)OC(=O)[C@H](CC(C)C)N(C)C3=O)cc2)c1. The Kier molecular flexibility index (Phi) is 27.5. The molecule has 0 saturated carbocycles. The molecular weight excluding hydrogens is 1150 g/mol. The summed E-state index contributed by atoms with van der Waals surface area (Å²) in [5, 5.41) is 8.87. The maximum atomic E-state index is 15.1. The van der Waals surface area contributed by atoms with E-state index in [2.05, 4.69) is 37.9 Å². The fourth-order valence-corrected chi connectivity index (χ4v) is 10.4. The van der Waals surface area contributed by atoms with Crippen LogP contribution in [0.1, 0.15) is 145 Å². The summed E-state index contributed by atoms with van der Waals surface area (Å²) in [7, 11) is 5.57. The second kappa shape index (κ2) is 33.9. The highest BCUT2D eigenvalue weighted by Crippen LogP contribution is 2.26. The largest absolute Gasteiger partial charge is 0.490 e. The summed E-state index contributed by atoms with van der Waals surface area (Å²) in [4.78, 5) is 123. The van der Waals surface area contributed by atoms with Gasteiger partial charge >= 0.3 is 23.9 Å². The molecular formula is C68H100N8O14. The molecule has 1 saturated heterocycles. The van der Waals surface area contributed by atoms with Crippen LogP contribution in [0.4, 0.5) is 0 Å². The van der Waals surface area contributed by atoms with Gasteiger partial charge in [-0.1, -0.05) is 132 Å². The molecule has 4 amide bonds. The fourth-order valence-electron chi connectivity index (χ4n) is 10.4. The van der Waals surface area contributed by atoms with Crippen molar-refractivity contribution >= 4 is 47.5 Å². The third-order valence-electron chi connectivity index (χ3n) is 15.4. The summed E-state index contributed by atoms with van der Waals surface area (Å²) < 4.78 is 39.5. The number of carbonyl (C=O) groups is 8. The van der Waals surface area contributed by atoms with Crippen LogP contribution in [0.25, 0.3) is 0 Å². The zero-order valence-electron chi connectivity index (χ0n) is 56.4. The molecule has 0 bridgehead atoms. The van der Waals surface area contributed by atoms with E-state index in [0.717, 1.165) is 30.7 Å². The zero-order valence-corrected chi connectivity index (χ0v) is 56.4. The van der Waals surface area contributed by atoms with Crippen LogP contribution in [0.2, 0.25) is 0 Å². The Morgan fingerprint density at radius 1 is 0.389 bits per heavy atom. The molecule has 90 heavy (non-hydrogen) atoms. The molecule has 8 atom stereocenters. The lowest BCUT2D eigenvalue weighted by Gasteiger charge is -2.35. The number of likely N-dealkylation sites (N-methyl/N-ethyl adjacent to an activating group) is 4. The molecule has 496 valence electrons. The van der Waals surface area contributed by atoms with Crippen molar-refractivity contribution < 1.29 is 66.8 Å². The Bertz CT molecular complexity index is 2790. The number of cyclic esters (lactones) is 4. The third kappa shape index (κ3) is 21.7. The Hall–Kier alpha value is -7.78. The molecule has 0 aliphatic carbocycles. The maximum Gasteiger partial charge on any atom is 0.329 e. The van der Waals surface area contributed by atoms with Crippen LogP contribution in [0.5, 0.6) is 11.5 Å². The summed E-state index contributed by atoms with van der Waals surface area (Å²) >= 11 is 0. The van der Waals surface area contributed by atoms with Crippen molar-refractivity contribution in [3.05, 3.63) is 95.6 Å². The number of hydrogen-bond donors (Lipinski definition) is 0. The van der Waals surface area contributed by atoms with Crippen molar-refractivity contribution in [3.8, 4) is 11.5 Å². The molecule has 5 rings (SSSR count). The van der Waals surface area contributed by atoms with E-state index in [0.29, 0.717) is 60.8 Å². The molecule has 2 aromatic heterocycles. The minimum Gasteiger partial charge on any atom is -0.490 e. The first kappa shape index (κ1) is 73.0. The topological polar surface area (TPSA) is 241 Å². The minimum absolute atomic E-state index is 0.0702. The van der Waals surface area contributed by atoms with Crippen LogP contribution in [0, 0.1) is 35.5 Å². The number of nitrogens with zero attached hydrogens (tertiary/aromatic N) is 8. The van der Waals surface area contributed by atoms with Crippen LogP contribution >= 0.6 is 0 Å². The van der Waals surface area contributed by atoms with Crippen LogP contribution in [-0.4, -0.2) is 177 Å². The van der Waals surface area contributed by atoms with Crippen LogP contribution in [-0.2, 0) is 83.2 Å². The summed E-state index contributed by atoms with van der Waals surface area (Å²) in [5.41, 5.74) is 2.95. The standard InChI is InChI=1S/C68H100N8O14/c1-41(2)27-55-65(81)87-47(13)61(77)71(15)58(30-44(7)8)68(84)90-60(32-50-21-25-52(26-22-50)36-76-38-54(34-70-76)86-40-46(11)12)64(80)74(18)56(28-42(3)4)66(82)88-48(14)62(78)72(16)57(29-43(5)6)67(83)89-59(63(79)73(55)17)31-49-19-23-51(24-20-49)35-75-37-53(33-69-75)85-39-45(9)10/h19-26,33-34,37-38,41-48,55-60H,27-32,35-36,39-40H2,1-18H3/t47-,48-,55+,56+,57+,58+,59-,60-/m1/s1. The van der Waals surface area contributed by atoms with Crippen LogP contribution in [0.15, 0.2) is 73.3 Å². The number of benzene rings is 2. The van der Waals surface area contributed by atoms with Gasteiger partial charge < -0.3 is 48.0 Å². The Morgan fingerprint density at radius 2 is 0.656 bits per heavy atom. The van der Waals surface area contributed by atoms with Gasteiger partial charge in [-0.2, -0.15) is 10.2 Å². The number of ether oxygens (including phenoxy) is 6. The first-order chi connectivity index (χ1) is 42.3. The van der Waals surface area contributed by atoms with Crippen molar-refractivity contribution in [1.29, 1.82) is 0 Å². The molecule has 3 heterocycles. The Balaban J connectivity index is 1.55. The number of rotatable bonds is 22. The highest BCUT2D eigenvalue weighted by atomic mass is 16.6. The second-order valence-electron chi connectivity index (χ2n) is 26.6. The minimum atomic E-state index is -1.56. The zero-order chi connectivity index (χ0) is 66.8. The number of aromatic nitrogens is 4. The molecule has 0 N–H and O–H groups in total. The van der Waals surface area contributed by atoms with Crippen molar-refractivity contribution in [3.63, 3.8) is 0 Å². The van der Waals surface area contributed by atoms with Crippen molar-refractivity contribution in [2.24, 2.45) is 35.5 Å². The monoisotopic (exact) mass is 1250 g/mol. The molecule has 4 aromatic rings. The lowest BCUT2D eigenvalue weighted by Crippen LogP contribution is -2.55. The average molecular weight is 1250 g/mol. The van der Waals surface area contributed by atoms with E-state index in [1.165, 1.54) is 42.0 Å². The first-order valence-corrected chi connectivity index (χ1v) is 31.7. The van der Waals surface area contributed by atoms with E-state index < -0.39 is 96.1 Å². The Labute approximate surface area is 532 Å². The number of hydrogen-bond acceptors (Lipinski definition) is 16. The van der Waals surface area contributed by atoms with Gasteiger partial charge in [0.1, 0.15) is 24.2 Å². The van der Waals surface area contributed by atoms with Crippen LogP contribution < -0.4 is 9.47 Å². The van der Waals surface area contributed by atoms with Gasteiger partial charge in [0.25, 0.3) is 23.6 Å². The van der Waals surface area contributed by atoms with Gasteiger partial charge in [0.05, 0.1) is 51.1 Å². The normalized spacial score (nSPS) is 22.0. The molecule has 1 fully saturated rings. The first-order valence-electron chi connectivity index (χ1n) is 31.7. The Morgan fingerprint density at radius 3 is 0.933 bits per heavy atom. The molecule has 22 nitrogen and oxygen atoms in total. The van der Waals surface area contributed by atoms with Gasteiger partial charge in [-0.25, -0.2) is 19.2 Å². The maximum absolute atomic E-state index is 15.1. The van der Waals surface area contributed by atoms with Gasteiger partial charge in [-0.15, -0.1) is 0 Å². The second-order valence-corrected chi connectivity index (χ2v) is 26.6. The van der Waals surface area contributed by atoms with Crippen molar-refractivity contribution in [2.45, 2.75) is 197 Å². The van der Waals surface area contributed by atoms with Gasteiger partial charge in [0.2, 0.25) is 0 Å². The van der Waals surface area contributed by atoms with E-state index in [4.69, 9.17) is 28.4 Å². The molecule has 0 spiro atoms. The molecule has 2 aromatic carbocycles. The van der Waals surface area contributed by atoms with Crippen molar-refractivity contribution in [1.82, 2.24) is 39.2 Å². The predicted molar refractivity (Wildman–Crippen MR) is 339 cm³/mol. The summed E-state index contributed by atoms with van der Waals surface area (Å²) in [6.07, 6.45) is 0.774. The molecule has 1 aliphatic rings. The molecule has 1 aliphatic heterocycles. The smallest absolute Gasteiger partial charge is 0.329 e. The third-order valence-corrected chi connectivity index (χ3v) is 15.4. The highest BCUT2D eigenvalue weighted by Gasteiger charge is 2.43. The highest BCUT2D eigenvalue weighted by molar-refractivity contribution is 5.94. The summed E-state index contributed by atoms with van der Waals surface area (Å²) in [6.45, 7) is 27.7. The number of carbonyl (C=O) groups excluding carboxylic acids is 8. The fraction of sp³-hybridized carbons (Fsp3) is 0.618. The van der Waals surface area contributed by atoms with Crippen LogP contribution in [0.3, 0.4) is 0 Å². The van der Waals surface area contributed by atoms with Gasteiger partial charge in [-0.05, 0) is 97.3 Å². The lowest BCUT2D eigenvalue weighted by molar-refractivity contribution is -0.176. The van der Waals surface area contributed by atoms with Gasteiger partial charge in [0.15, 0.2) is 35.9 Å². The summed E-state index contributed by atoms with van der Waals surface area (Å²) in [6, 6.07) is 9.43. The van der Waals surface area contributed by atoms with Gasteiger partial charge in [0, 0.05) is 41.0 Å². The van der Waals surface area contributed by atoms with Gasteiger partial charge in [-0.3, -0.25) is 28.5 Å². The van der Waals surface area contributed by atoms with E-state index >= 15 is 9.59 Å². The predicted octanol–water partition coefficient (Wildman–Crippen LogP) is 8.22. The quantitative estimate of drug-likeness (QED) is 0.0532. The van der Waals surface area contributed by atoms with E-state index in [1.54, 1.807) is 58.4 Å². The average Bonchev–Trinajstić information content (AvgIpc) is 2.95. The molecule has 22 heteroatoms. The van der Waals surface area contributed by atoms with E-state index in [1.807, 2.05) is 79.7 Å². The molecule has 0 radical (unpaired) electrons.